The summed E-state index contributed by atoms with van der Waals surface area (Å²) < 4.78 is 1.06. The molecule has 0 radical (unpaired) electrons. The molecule has 1 aliphatic rings. The average Bonchev–Trinajstić information content (AvgIpc) is 2.96. The van der Waals surface area contributed by atoms with Crippen LogP contribution in [0.2, 0.25) is 0 Å². The summed E-state index contributed by atoms with van der Waals surface area (Å²) in [5.74, 6) is 0.511. The highest BCUT2D eigenvalue weighted by atomic mass is 32.2. The Morgan fingerprint density at radius 3 is 2.93 bits per heavy atom. The van der Waals surface area contributed by atoms with Gasteiger partial charge in [-0.25, -0.2) is 9.97 Å². The van der Waals surface area contributed by atoms with E-state index in [2.05, 4.69) is 16.4 Å². The third-order valence-corrected chi connectivity index (χ3v) is 6.69. The minimum atomic E-state index is -0.0696. The molecule has 0 unspecified atom stereocenters. The third kappa shape index (κ3) is 4.34. The lowest BCUT2D eigenvalue weighted by molar-refractivity contribution is -0.115. The van der Waals surface area contributed by atoms with Crippen molar-refractivity contribution in [1.29, 1.82) is 5.26 Å². The van der Waals surface area contributed by atoms with Crippen LogP contribution in [-0.2, 0) is 17.6 Å². The van der Waals surface area contributed by atoms with Gasteiger partial charge in [-0.1, -0.05) is 29.9 Å². The fourth-order valence-corrected chi connectivity index (χ4v) is 5.13. The topological polar surface area (TPSA) is 78.7 Å². The van der Waals surface area contributed by atoms with Crippen molar-refractivity contribution in [3.8, 4) is 6.07 Å². The summed E-state index contributed by atoms with van der Waals surface area (Å²) in [6.45, 7) is 0. The molecule has 0 saturated carbocycles. The van der Waals surface area contributed by atoms with Gasteiger partial charge < -0.3 is 5.32 Å². The number of hydrogen-bond donors (Lipinski definition) is 1. The number of nitriles is 1. The molecule has 0 atom stereocenters. The van der Waals surface area contributed by atoms with Gasteiger partial charge in [-0.2, -0.15) is 5.26 Å². The van der Waals surface area contributed by atoms with Crippen molar-refractivity contribution in [1.82, 2.24) is 9.97 Å². The molecule has 2 heterocycles. The Bertz CT molecular complexity index is 1020. The highest BCUT2D eigenvalue weighted by molar-refractivity contribution is 7.99. The molecule has 142 valence electrons. The Balaban J connectivity index is 1.37. The number of thiazole rings is 1. The number of thioether (sulfide) groups is 1. The van der Waals surface area contributed by atoms with Crippen LogP contribution < -0.4 is 5.32 Å². The lowest BCUT2D eigenvalue weighted by atomic mass is 10.1. The van der Waals surface area contributed by atoms with Gasteiger partial charge in [0.25, 0.3) is 0 Å². The molecule has 1 aromatic carbocycles. The molecular formula is C21H20N4OS2. The summed E-state index contributed by atoms with van der Waals surface area (Å²) in [6, 6.07) is 12.1. The first-order valence-corrected chi connectivity index (χ1v) is 11.2. The van der Waals surface area contributed by atoms with E-state index in [4.69, 9.17) is 4.98 Å². The van der Waals surface area contributed by atoms with Crippen molar-refractivity contribution >= 4 is 44.4 Å². The van der Waals surface area contributed by atoms with E-state index in [1.54, 1.807) is 0 Å². The molecule has 28 heavy (non-hydrogen) atoms. The predicted octanol–water partition coefficient (Wildman–Crippen LogP) is 4.95. The van der Waals surface area contributed by atoms with E-state index in [1.165, 1.54) is 35.1 Å². The smallest absolute Gasteiger partial charge is 0.226 e. The number of rotatable bonds is 5. The number of anilines is 1. The number of aryl methyl sites for hydroxylation is 2. The number of hydrogen-bond acceptors (Lipinski definition) is 6. The second kappa shape index (κ2) is 8.72. The molecule has 0 spiro atoms. The fourth-order valence-electron chi connectivity index (χ4n) is 3.33. The number of carbonyl (C=O) groups excluding carboxylic acids is 1. The van der Waals surface area contributed by atoms with Crippen LogP contribution in [0.5, 0.6) is 0 Å². The van der Waals surface area contributed by atoms with Crippen molar-refractivity contribution < 1.29 is 4.79 Å². The molecule has 1 N–H and O–H groups in total. The number of benzene rings is 1. The molecule has 0 bridgehead atoms. The van der Waals surface area contributed by atoms with Gasteiger partial charge in [0.05, 0.1) is 15.8 Å². The fraction of sp³-hybridized carbons (Fsp3) is 0.333. The van der Waals surface area contributed by atoms with E-state index < -0.39 is 0 Å². The monoisotopic (exact) mass is 408 g/mol. The predicted molar refractivity (Wildman–Crippen MR) is 114 cm³/mol. The van der Waals surface area contributed by atoms with Gasteiger partial charge in [0.2, 0.25) is 5.91 Å². The van der Waals surface area contributed by atoms with Gasteiger partial charge in [0, 0.05) is 17.9 Å². The maximum absolute atomic E-state index is 12.3. The van der Waals surface area contributed by atoms with E-state index in [0.29, 0.717) is 22.9 Å². The lowest BCUT2D eigenvalue weighted by Crippen LogP contribution is -2.12. The van der Waals surface area contributed by atoms with Gasteiger partial charge in [0.1, 0.15) is 11.1 Å². The van der Waals surface area contributed by atoms with Crippen molar-refractivity contribution in [3.63, 3.8) is 0 Å². The number of nitrogens with one attached hydrogen (secondary N) is 1. The van der Waals surface area contributed by atoms with Gasteiger partial charge >= 0.3 is 0 Å². The molecule has 3 aromatic rings. The first kappa shape index (κ1) is 18.9. The third-order valence-electron chi connectivity index (χ3n) is 4.74. The van der Waals surface area contributed by atoms with Crippen molar-refractivity contribution in [3.05, 3.63) is 47.2 Å². The summed E-state index contributed by atoms with van der Waals surface area (Å²) >= 11 is 2.96. The number of fused-ring (bicyclic) bond motifs is 2. The van der Waals surface area contributed by atoms with Crippen LogP contribution in [-0.4, -0.2) is 21.6 Å². The van der Waals surface area contributed by atoms with E-state index in [-0.39, 0.29) is 5.91 Å². The lowest BCUT2D eigenvalue weighted by Gasteiger charge is -2.09. The molecule has 0 aliphatic heterocycles. The molecule has 1 aliphatic carbocycles. The number of nitrogens with zero attached hydrogens (tertiary/aromatic N) is 3. The average molecular weight is 409 g/mol. The minimum Gasteiger partial charge on any atom is -0.302 e. The van der Waals surface area contributed by atoms with Gasteiger partial charge in [-0.15, -0.1) is 11.8 Å². The normalized spacial score (nSPS) is 13.5. The number of carbonyl (C=O) groups is 1. The summed E-state index contributed by atoms with van der Waals surface area (Å²) in [5.41, 5.74) is 3.85. The van der Waals surface area contributed by atoms with E-state index in [1.807, 2.05) is 30.3 Å². The quantitative estimate of drug-likeness (QED) is 0.477. The Morgan fingerprint density at radius 1 is 1.21 bits per heavy atom. The number of aromatic nitrogens is 2. The van der Waals surface area contributed by atoms with Crippen LogP contribution in [0.4, 0.5) is 5.13 Å². The molecule has 2 aromatic heterocycles. The zero-order valence-electron chi connectivity index (χ0n) is 15.4. The van der Waals surface area contributed by atoms with Crippen LogP contribution in [0, 0.1) is 11.3 Å². The number of pyridine rings is 1. The summed E-state index contributed by atoms with van der Waals surface area (Å²) in [5, 5.41) is 13.7. The summed E-state index contributed by atoms with van der Waals surface area (Å²) in [6.07, 6.45) is 5.87. The second-order valence-electron chi connectivity index (χ2n) is 6.75. The van der Waals surface area contributed by atoms with E-state index in [0.717, 1.165) is 46.6 Å². The number of amides is 1. The molecule has 4 rings (SSSR count). The number of para-hydroxylation sites is 1. The van der Waals surface area contributed by atoms with E-state index >= 15 is 0 Å². The maximum atomic E-state index is 12.3. The molecule has 7 heteroatoms. The van der Waals surface area contributed by atoms with Crippen molar-refractivity contribution in [2.24, 2.45) is 0 Å². The van der Waals surface area contributed by atoms with Gasteiger partial charge in [0.15, 0.2) is 5.13 Å². The molecule has 0 fully saturated rings. The SMILES string of the molecule is N#Cc1cc2c(nc1SCCC(=O)Nc1nc3ccccc3s1)CCCCC2. The largest absolute Gasteiger partial charge is 0.302 e. The Morgan fingerprint density at radius 2 is 2.07 bits per heavy atom. The molecular weight excluding hydrogens is 388 g/mol. The van der Waals surface area contributed by atoms with Crippen LogP contribution in [0.25, 0.3) is 10.2 Å². The van der Waals surface area contributed by atoms with Crippen molar-refractivity contribution in [2.75, 3.05) is 11.1 Å². The molecule has 0 saturated heterocycles. The van der Waals surface area contributed by atoms with Crippen LogP contribution in [0.1, 0.15) is 42.5 Å². The standard InChI is InChI=1S/C21H20N4OS2/c22-13-15-12-14-6-2-1-3-7-16(14)23-20(15)27-11-10-19(26)25-21-24-17-8-4-5-9-18(17)28-21/h4-5,8-9,12H,1-3,6-7,10-11H2,(H,24,25,26). The Labute approximate surface area is 172 Å². The highest BCUT2D eigenvalue weighted by Gasteiger charge is 2.15. The zero-order chi connectivity index (χ0) is 19.3. The minimum absolute atomic E-state index is 0.0696. The maximum Gasteiger partial charge on any atom is 0.226 e. The first-order chi connectivity index (χ1) is 13.7. The van der Waals surface area contributed by atoms with Crippen molar-refractivity contribution in [2.45, 2.75) is 43.6 Å². The zero-order valence-corrected chi connectivity index (χ0v) is 17.0. The van der Waals surface area contributed by atoms with Crippen LogP contribution >= 0.6 is 23.1 Å². The summed E-state index contributed by atoms with van der Waals surface area (Å²) in [7, 11) is 0. The van der Waals surface area contributed by atoms with Gasteiger partial charge in [-0.3, -0.25) is 4.79 Å². The Hall–Kier alpha value is -2.43. The molecule has 5 nitrogen and oxygen atoms in total. The van der Waals surface area contributed by atoms with Gasteiger partial charge in [-0.05, 0) is 49.4 Å². The van der Waals surface area contributed by atoms with Crippen LogP contribution in [0.3, 0.4) is 0 Å². The Kier molecular flexibility index (Phi) is 5.89. The second-order valence-corrected chi connectivity index (χ2v) is 8.87. The molecule has 1 amide bonds. The highest BCUT2D eigenvalue weighted by Crippen LogP contribution is 2.28. The first-order valence-electron chi connectivity index (χ1n) is 9.44. The van der Waals surface area contributed by atoms with E-state index in [9.17, 15) is 10.1 Å². The summed E-state index contributed by atoms with van der Waals surface area (Å²) in [4.78, 5) is 21.4. The van der Waals surface area contributed by atoms with Crippen LogP contribution in [0.15, 0.2) is 35.4 Å².